The van der Waals surface area contributed by atoms with E-state index in [-0.39, 0.29) is 42.6 Å². The first-order valence-corrected chi connectivity index (χ1v) is 12.9. The zero-order valence-corrected chi connectivity index (χ0v) is 24.7. The van der Waals surface area contributed by atoms with E-state index in [1.807, 2.05) is 24.3 Å². The summed E-state index contributed by atoms with van der Waals surface area (Å²) in [5.41, 5.74) is 1.91. The van der Waals surface area contributed by atoms with Gasteiger partial charge in [-0.2, -0.15) is 0 Å². The van der Waals surface area contributed by atoms with Gasteiger partial charge in [0.15, 0.2) is 11.5 Å². The van der Waals surface area contributed by atoms with E-state index in [0.29, 0.717) is 45.0 Å². The average Bonchev–Trinajstić information content (AvgIpc) is 3.04. The lowest BCUT2D eigenvalue weighted by Crippen LogP contribution is -2.29. The number of aromatic nitrogens is 4. The Morgan fingerprint density at radius 1 is 0.907 bits per heavy atom. The van der Waals surface area contributed by atoms with E-state index in [0.717, 1.165) is 0 Å². The van der Waals surface area contributed by atoms with E-state index in [4.69, 9.17) is 23.7 Å². The fraction of sp³-hybridized carbons (Fsp3) is 0.194. The van der Waals surface area contributed by atoms with Crippen LogP contribution in [-0.4, -0.2) is 53.9 Å². The highest BCUT2D eigenvalue weighted by Crippen LogP contribution is 2.43. The van der Waals surface area contributed by atoms with Crippen LogP contribution in [0.2, 0.25) is 0 Å². The molecule has 4 aromatic heterocycles. The second kappa shape index (κ2) is 13.7. The molecule has 0 aliphatic heterocycles. The van der Waals surface area contributed by atoms with Gasteiger partial charge in [0.1, 0.15) is 17.8 Å². The SMILES string of the molecule is COC(=O)c1c(-c2cc(OC)c(OC)c(OC)c2)c2ccc(OCc3ccccn3)nc2c(=O)n1Cc1cccnc1.Cl. The Kier molecular flexibility index (Phi) is 9.79. The lowest BCUT2D eigenvalue weighted by molar-refractivity contribution is 0.0588. The van der Waals surface area contributed by atoms with Gasteiger partial charge in [0.25, 0.3) is 5.56 Å². The number of nitrogens with zero attached hydrogens (tertiary/aromatic N) is 4. The van der Waals surface area contributed by atoms with Gasteiger partial charge in [-0.05, 0) is 47.5 Å². The number of benzene rings is 1. The molecule has 0 aliphatic rings. The number of fused-ring (bicyclic) bond motifs is 1. The van der Waals surface area contributed by atoms with Gasteiger partial charge in [-0.3, -0.25) is 19.3 Å². The molecule has 5 aromatic rings. The molecular weight excluding hydrogens is 576 g/mol. The number of halogens is 1. The van der Waals surface area contributed by atoms with Crippen LogP contribution in [0, 0.1) is 0 Å². The summed E-state index contributed by atoms with van der Waals surface area (Å²) in [6.45, 7) is 0.189. The molecule has 0 spiro atoms. The molecule has 0 atom stereocenters. The van der Waals surface area contributed by atoms with Crippen LogP contribution < -0.4 is 24.5 Å². The summed E-state index contributed by atoms with van der Waals surface area (Å²) in [6.07, 6.45) is 4.92. The summed E-state index contributed by atoms with van der Waals surface area (Å²) in [4.78, 5) is 40.5. The van der Waals surface area contributed by atoms with Gasteiger partial charge in [0.05, 0.1) is 40.7 Å². The fourth-order valence-corrected chi connectivity index (χ4v) is 4.66. The van der Waals surface area contributed by atoms with Crippen molar-refractivity contribution in [3.8, 4) is 34.3 Å². The van der Waals surface area contributed by atoms with Crippen molar-refractivity contribution in [1.29, 1.82) is 0 Å². The fourth-order valence-electron chi connectivity index (χ4n) is 4.66. The topological polar surface area (TPSA) is 124 Å². The van der Waals surface area contributed by atoms with Crippen LogP contribution in [-0.2, 0) is 17.9 Å². The monoisotopic (exact) mass is 604 g/mol. The largest absolute Gasteiger partial charge is 0.493 e. The van der Waals surface area contributed by atoms with Crippen molar-refractivity contribution in [2.24, 2.45) is 0 Å². The number of hydrogen-bond donors (Lipinski definition) is 0. The maximum absolute atomic E-state index is 14.1. The van der Waals surface area contributed by atoms with Gasteiger partial charge in [-0.1, -0.05) is 12.1 Å². The summed E-state index contributed by atoms with van der Waals surface area (Å²) in [5, 5.41) is 0.405. The first-order valence-electron chi connectivity index (χ1n) is 12.9. The minimum Gasteiger partial charge on any atom is -0.493 e. The van der Waals surface area contributed by atoms with Crippen LogP contribution in [0.5, 0.6) is 23.1 Å². The molecule has 0 bridgehead atoms. The number of carbonyl (C=O) groups excluding carboxylic acids is 1. The summed E-state index contributed by atoms with van der Waals surface area (Å²) in [6, 6.07) is 15.8. The van der Waals surface area contributed by atoms with Crippen molar-refractivity contribution in [3.05, 3.63) is 100 Å². The van der Waals surface area contributed by atoms with E-state index in [9.17, 15) is 9.59 Å². The third-order valence-corrected chi connectivity index (χ3v) is 6.58. The molecule has 5 rings (SSSR count). The molecule has 0 amide bonds. The van der Waals surface area contributed by atoms with E-state index in [1.54, 1.807) is 48.9 Å². The zero-order chi connectivity index (χ0) is 29.6. The maximum Gasteiger partial charge on any atom is 0.355 e. The first kappa shape index (κ1) is 30.8. The highest BCUT2D eigenvalue weighted by Gasteiger charge is 2.27. The Morgan fingerprint density at radius 2 is 1.67 bits per heavy atom. The third-order valence-electron chi connectivity index (χ3n) is 6.58. The maximum atomic E-state index is 14.1. The van der Waals surface area contributed by atoms with Gasteiger partial charge >= 0.3 is 5.97 Å². The number of hydrogen-bond acceptors (Lipinski definition) is 10. The molecule has 0 radical (unpaired) electrons. The summed E-state index contributed by atoms with van der Waals surface area (Å²) >= 11 is 0. The molecule has 43 heavy (non-hydrogen) atoms. The molecule has 11 nitrogen and oxygen atoms in total. The molecular formula is C31H29ClN4O7. The zero-order valence-electron chi connectivity index (χ0n) is 23.9. The van der Waals surface area contributed by atoms with Crippen LogP contribution >= 0.6 is 12.4 Å². The predicted octanol–water partition coefficient (Wildman–Crippen LogP) is 4.72. The second-order valence-electron chi connectivity index (χ2n) is 9.04. The number of rotatable bonds is 10. The van der Waals surface area contributed by atoms with Gasteiger partial charge in [0, 0.05) is 35.6 Å². The Bertz CT molecular complexity index is 1770. The van der Waals surface area contributed by atoms with Crippen molar-refractivity contribution in [2.45, 2.75) is 13.2 Å². The van der Waals surface area contributed by atoms with Crippen LogP contribution in [0.3, 0.4) is 0 Å². The second-order valence-corrected chi connectivity index (χ2v) is 9.04. The molecule has 1 aromatic carbocycles. The molecule has 0 unspecified atom stereocenters. The van der Waals surface area contributed by atoms with Crippen molar-refractivity contribution in [1.82, 2.24) is 19.5 Å². The quantitative estimate of drug-likeness (QED) is 0.207. The Labute approximate surface area is 253 Å². The standard InChI is InChI=1S/C31H28N4O7.ClH/c1-38-23-14-20(15-24(39-2)29(23)40-3)26-22-10-11-25(42-18-21-9-5-6-13-33-21)34-27(22)30(36)35(28(26)31(37)41-4)17-19-8-7-12-32-16-19;/h5-16H,17-18H2,1-4H3;1H. The molecule has 0 N–H and O–H groups in total. The smallest absolute Gasteiger partial charge is 0.355 e. The highest BCUT2D eigenvalue weighted by molar-refractivity contribution is 6.06. The number of ether oxygens (including phenoxy) is 5. The van der Waals surface area contributed by atoms with Crippen molar-refractivity contribution >= 4 is 29.3 Å². The van der Waals surface area contributed by atoms with E-state index in [2.05, 4.69) is 15.0 Å². The molecule has 0 fully saturated rings. The van der Waals surface area contributed by atoms with Crippen LogP contribution in [0.15, 0.2) is 78.0 Å². The number of esters is 1. The lowest BCUT2D eigenvalue weighted by Gasteiger charge is -2.20. The Balaban J connectivity index is 0.00000423. The normalized spacial score (nSPS) is 10.5. The summed E-state index contributed by atoms with van der Waals surface area (Å²) in [7, 11) is 5.75. The number of carbonyl (C=O) groups is 1. The Hall–Kier alpha value is -5.16. The van der Waals surface area contributed by atoms with Gasteiger partial charge in [-0.25, -0.2) is 9.78 Å². The minimum atomic E-state index is -0.711. The van der Waals surface area contributed by atoms with E-state index < -0.39 is 11.5 Å². The molecule has 12 heteroatoms. The van der Waals surface area contributed by atoms with E-state index in [1.165, 1.54) is 33.0 Å². The van der Waals surface area contributed by atoms with Crippen molar-refractivity contribution in [2.75, 3.05) is 28.4 Å². The summed E-state index contributed by atoms with van der Waals surface area (Å²) < 4.78 is 29.1. The van der Waals surface area contributed by atoms with Crippen molar-refractivity contribution < 1.29 is 28.5 Å². The van der Waals surface area contributed by atoms with E-state index >= 15 is 0 Å². The molecule has 0 saturated carbocycles. The van der Waals surface area contributed by atoms with Crippen LogP contribution in [0.4, 0.5) is 0 Å². The van der Waals surface area contributed by atoms with Crippen molar-refractivity contribution in [3.63, 3.8) is 0 Å². The third kappa shape index (κ3) is 6.21. The number of methoxy groups -OCH3 is 4. The van der Waals surface area contributed by atoms with Gasteiger partial charge in [0.2, 0.25) is 11.6 Å². The van der Waals surface area contributed by atoms with Crippen LogP contribution in [0.1, 0.15) is 21.7 Å². The molecule has 0 aliphatic carbocycles. The predicted molar refractivity (Wildman–Crippen MR) is 162 cm³/mol. The summed E-state index contributed by atoms with van der Waals surface area (Å²) in [5.74, 6) is 0.616. The average molecular weight is 605 g/mol. The Morgan fingerprint density at radius 3 is 2.28 bits per heavy atom. The highest BCUT2D eigenvalue weighted by atomic mass is 35.5. The van der Waals surface area contributed by atoms with Crippen LogP contribution in [0.25, 0.3) is 22.0 Å². The first-order chi connectivity index (χ1) is 20.5. The number of pyridine rings is 4. The van der Waals surface area contributed by atoms with Gasteiger partial charge < -0.3 is 23.7 Å². The molecule has 0 saturated heterocycles. The molecule has 4 heterocycles. The lowest BCUT2D eigenvalue weighted by atomic mass is 9.97. The minimum absolute atomic E-state index is 0. The molecule has 222 valence electrons. The van der Waals surface area contributed by atoms with Gasteiger partial charge in [-0.15, -0.1) is 12.4 Å².